The van der Waals surface area contributed by atoms with Crippen LogP contribution in [0.25, 0.3) is 0 Å². The standard InChI is InChI=1S/C18H20ClN3O2/c1-13(18(24)22-16-6-2-5-15(19)10-16)7-8-17(23)21-12-14-4-3-9-20-11-14/h2-6,9-11,13H,7-8,12H2,1H3,(H,21,23)(H,22,24). The molecule has 1 aromatic heterocycles. The van der Waals surface area contributed by atoms with Gasteiger partial charge in [-0.2, -0.15) is 0 Å². The average molecular weight is 346 g/mol. The number of hydrogen-bond donors (Lipinski definition) is 2. The Labute approximate surface area is 146 Å². The minimum absolute atomic E-state index is 0.0822. The zero-order chi connectivity index (χ0) is 17.4. The SMILES string of the molecule is CC(CCC(=O)NCc1cccnc1)C(=O)Nc1cccc(Cl)c1. The summed E-state index contributed by atoms with van der Waals surface area (Å²) < 4.78 is 0. The highest BCUT2D eigenvalue weighted by Gasteiger charge is 2.15. The van der Waals surface area contributed by atoms with E-state index in [1.54, 1.807) is 43.6 Å². The fourth-order valence-electron chi connectivity index (χ4n) is 2.10. The first kappa shape index (κ1) is 17.9. The van der Waals surface area contributed by atoms with Crippen LogP contribution in [-0.4, -0.2) is 16.8 Å². The Morgan fingerprint density at radius 2 is 2.08 bits per heavy atom. The fourth-order valence-corrected chi connectivity index (χ4v) is 2.29. The van der Waals surface area contributed by atoms with Crippen molar-refractivity contribution in [1.82, 2.24) is 10.3 Å². The van der Waals surface area contributed by atoms with Crippen LogP contribution in [0.5, 0.6) is 0 Å². The molecule has 2 amide bonds. The third kappa shape index (κ3) is 6.01. The first-order chi connectivity index (χ1) is 11.5. The minimum atomic E-state index is -0.270. The van der Waals surface area contributed by atoms with Crippen LogP contribution in [0.1, 0.15) is 25.3 Å². The average Bonchev–Trinajstić information content (AvgIpc) is 2.58. The Morgan fingerprint density at radius 3 is 2.79 bits per heavy atom. The number of anilines is 1. The number of hydrogen-bond acceptors (Lipinski definition) is 3. The molecule has 1 unspecified atom stereocenters. The van der Waals surface area contributed by atoms with E-state index in [0.29, 0.717) is 30.1 Å². The molecule has 2 rings (SSSR count). The van der Waals surface area contributed by atoms with E-state index in [2.05, 4.69) is 15.6 Å². The summed E-state index contributed by atoms with van der Waals surface area (Å²) in [5.74, 6) is -0.480. The summed E-state index contributed by atoms with van der Waals surface area (Å²) in [5.41, 5.74) is 1.60. The number of nitrogens with one attached hydrogen (secondary N) is 2. The first-order valence-corrected chi connectivity index (χ1v) is 8.14. The van der Waals surface area contributed by atoms with E-state index < -0.39 is 0 Å². The van der Waals surface area contributed by atoms with Gasteiger partial charge < -0.3 is 10.6 Å². The second kappa shape index (κ2) is 9.03. The number of carbonyl (C=O) groups is 2. The number of halogens is 1. The number of nitrogens with zero attached hydrogens (tertiary/aromatic N) is 1. The molecule has 0 aliphatic rings. The molecule has 0 saturated heterocycles. The number of aromatic nitrogens is 1. The molecule has 2 N–H and O–H groups in total. The Kier molecular flexibility index (Phi) is 6.75. The van der Waals surface area contributed by atoms with Crippen LogP contribution in [0.15, 0.2) is 48.8 Å². The predicted molar refractivity (Wildman–Crippen MR) is 94.6 cm³/mol. The Morgan fingerprint density at radius 1 is 1.25 bits per heavy atom. The van der Waals surface area contributed by atoms with E-state index >= 15 is 0 Å². The van der Waals surface area contributed by atoms with Crippen molar-refractivity contribution in [1.29, 1.82) is 0 Å². The largest absolute Gasteiger partial charge is 0.352 e. The van der Waals surface area contributed by atoms with Crippen LogP contribution in [0.2, 0.25) is 5.02 Å². The third-order valence-corrected chi connectivity index (χ3v) is 3.79. The summed E-state index contributed by atoms with van der Waals surface area (Å²) in [6, 6.07) is 10.7. The summed E-state index contributed by atoms with van der Waals surface area (Å²) in [5, 5.41) is 6.19. The molecule has 5 nitrogen and oxygen atoms in total. The van der Waals surface area contributed by atoms with Gasteiger partial charge in [0.1, 0.15) is 0 Å². The van der Waals surface area contributed by atoms with Gasteiger partial charge >= 0.3 is 0 Å². The van der Waals surface area contributed by atoms with Crippen LogP contribution in [0.3, 0.4) is 0 Å². The van der Waals surface area contributed by atoms with Crippen molar-refractivity contribution in [3.05, 3.63) is 59.4 Å². The molecule has 126 valence electrons. The van der Waals surface area contributed by atoms with Gasteiger partial charge in [0, 0.05) is 42.0 Å². The predicted octanol–water partition coefficient (Wildman–Crippen LogP) is 3.41. The zero-order valence-corrected chi connectivity index (χ0v) is 14.2. The highest BCUT2D eigenvalue weighted by Crippen LogP contribution is 2.16. The molecular weight excluding hydrogens is 326 g/mol. The molecule has 0 spiro atoms. The van der Waals surface area contributed by atoms with Crippen molar-refractivity contribution in [2.24, 2.45) is 5.92 Å². The van der Waals surface area contributed by atoms with Crippen LogP contribution in [-0.2, 0) is 16.1 Å². The second-order valence-electron chi connectivity index (χ2n) is 5.58. The lowest BCUT2D eigenvalue weighted by molar-refractivity contribution is -0.122. The van der Waals surface area contributed by atoms with Gasteiger partial charge in [-0.15, -0.1) is 0 Å². The summed E-state index contributed by atoms with van der Waals surface area (Å²) in [6.07, 6.45) is 4.17. The van der Waals surface area contributed by atoms with Gasteiger partial charge in [0.15, 0.2) is 0 Å². The molecule has 0 bridgehead atoms. The summed E-state index contributed by atoms with van der Waals surface area (Å²) in [7, 11) is 0. The van der Waals surface area contributed by atoms with Crippen LogP contribution in [0, 0.1) is 5.92 Å². The van der Waals surface area contributed by atoms with E-state index in [1.807, 2.05) is 12.1 Å². The second-order valence-corrected chi connectivity index (χ2v) is 6.01. The first-order valence-electron chi connectivity index (χ1n) is 7.76. The molecule has 6 heteroatoms. The van der Waals surface area contributed by atoms with E-state index in [4.69, 9.17) is 11.6 Å². The Bertz CT molecular complexity index is 692. The molecule has 24 heavy (non-hydrogen) atoms. The van der Waals surface area contributed by atoms with E-state index in [0.717, 1.165) is 5.56 Å². The Hall–Kier alpha value is -2.40. The van der Waals surface area contributed by atoms with Gasteiger partial charge in [-0.05, 0) is 36.2 Å². The molecule has 0 fully saturated rings. The zero-order valence-electron chi connectivity index (χ0n) is 13.5. The van der Waals surface area contributed by atoms with Gasteiger partial charge in [-0.1, -0.05) is 30.7 Å². The van der Waals surface area contributed by atoms with Gasteiger partial charge in [-0.25, -0.2) is 0 Å². The number of pyridine rings is 1. The van der Waals surface area contributed by atoms with E-state index in [9.17, 15) is 9.59 Å². The fraction of sp³-hybridized carbons (Fsp3) is 0.278. The van der Waals surface area contributed by atoms with Gasteiger partial charge in [0.2, 0.25) is 11.8 Å². The normalized spacial score (nSPS) is 11.6. The monoisotopic (exact) mass is 345 g/mol. The highest BCUT2D eigenvalue weighted by atomic mass is 35.5. The quantitative estimate of drug-likeness (QED) is 0.807. The van der Waals surface area contributed by atoms with Crippen LogP contribution in [0.4, 0.5) is 5.69 Å². The van der Waals surface area contributed by atoms with Crippen molar-refractivity contribution in [3.8, 4) is 0 Å². The van der Waals surface area contributed by atoms with Gasteiger partial charge in [0.05, 0.1) is 0 Å². The third-order valence-electron chi connectivity index (χ3n) is 3.56. The van der Waals surface area contributed by atoms with Crippen LogP contribution >= 0.6 is 11.6 Å². The molecule has 1 heterocycles. The molecule has 2 aromatic rings. The molecule has 0 aliphatic carbocycles. The Balaban J connectivity index is 1.72. The minimum Gasteiger partial charge on any atom is -0.352 e. The van der Waals surface area contributed by atoms with E-state index in [-0.39, 0.29) is 17.7 Å². The summed E-state index contributed by atoms with van der Waals surface area (Å²) >= 11 is 5.89. The number of rotatable bonds is 7. The van der Waals surface area contributed by atoms with Gasteiger partial charge in [0.25, 0.3) is 0 Å². The molecular formula is C18H20ClN3O2. The van der Waals surface area contributed by atoms with Crippen LogP contribution < -0.4 is 10.6 Å². The topological polar surface area (TPSA) is 71.1 Å². The van der Waals surface area contributed by atoms with Gasteiger partial charge in [-0.3, -0.25) is 14.6 Å². The van der Waals surface area contributed by atoms with Crippen molar-refractivity contribution in [2.45, 2.75) is 26.3 Å². The molecule has 1 aromatic carbocycles. The number of benzene rings is 1. The van der Waals surface area contributed by atoms with Crippen molar-refractivity contribution >= 4 is 29.1 Å². The molecule has 1 atom stereocenters. The lowest BCUT2D eigenvalue weighted by atomic mass is 10.0. The molecule has 0 saturated carbocycles. The summed E-state index contributed by atoms with van der Waals surface area (Å²) in [4.78, 5) is 28.0. The number of amides is 2. The van der Waals surface area contributed by atoms with Crippen molar-refractivity contribution in [3.63, 3.8) is 0 Å². The van der Waals surface area contributed by atoms with Crippen molar-refractivity contribution in [2.75, 3.05) is 5.32 Å². The number of carbonyl (C=O) groups excluding carboxylic acids is 2. The molecule has 0 aliphatic heterocycles. The van der Waals surface area contributed by atoms with Crippen molar-refractivity contribution < 1.29 is 9.59 Å². The lowest BCUT2D eigenvalue weighted by Gasteiger charge is -2.12. The highest BCUT2D eigenvalue weighted by molar-refractivity contribution is 6.30. The maximum atomic E-state index is 12.1. The van der Waals surface area contributed by atoms with E-state index in [1.165, 1.54) is 0 Å². The smallest absolute Gasteiger partial charge is 0.227 e. The maximum Gasteiger partial charge on any atom is 0.227 e. The molecule has 0 radical (unpaired) electrons. The maximum absolute atomic E-state index is 12.1. The summed E-state index contributed by atoms with van der Waals surface area (Å²) in [6.45, 7) is 2.24. The lowest BCUT2D eigenvalue weighted by Crippen LogP contribution is -2.25.